The summed E-state index contributed by atoms with van der Waals surface area (Å²) in [4.78, 5) is 27.4. The highest BCUT2D eigenvalue weighted by Crippen LogP contribution is 2.44. The van der Waals surface area contributed by atoms with Crippen LogP contribution in [0.15, 0.2) is 45.1 Å². The number of carbonyl (C=O) groups excluding carboxylic acids is 1. The highest BCUT2D eigenvalue weighted by atomic mass is 19.1. The molecule has 2 aromatic carbocycles. The fraction of sp³-hybridized carbons (Fsp3) is 0.500. The molecule has 9 nitrogen and oxygen atoms in total. The van der Waals surface area contributed by atoms with E-state index in [4.69, 9.17) is 14.2 Å². The Morgan fingerprint density at radius 1 is 1.19 bits per heavy atom. The number of rotatable bonds is 8. The second-order valence-corrected chi connectivity index (χ2v) is 12.1. The van der Waals surface area contributed by atoms with Crippen LogP contribution in [0, 0.1) is 17.2 Å². The summed E-state index contributed by atoms with van der Waals surface area (Å²) in [6, 6.07) is 5.39. The van der Waals surface area contributed by atoms with Crippen LogP contribution in [0.2, 0.25) is 0 Å². The van der Waals surface area contributed by atoms with Crippen molar-refractivity contribution in [3.05, 3.63) is 47.0 Å². The molecule has 1 N–H and O–H groups in total. The monoisotopic (exact) mass is 594 g/mol. The van der Waals surface area contributed by atoms with E-state index in [0.29, 0.717) is 59.4 Å². The molecule has 6 rings (SSSR count). The molecule has 1 aliphatic carbocycles. The molecule has 11 heteroatoms. The fourth-order valence-corrected chi connectivity index (χ4v) is 6.12. The van der Waals surface area contributed by atoms with Crippen molar-refractivity contribution in [2.24, 2.45) is 26.3 Å². The SMILES string of the molecule is CCc1c(F)ccc2cc(OCOC)cc(C3=C(F)C4N=C(OCC5(C=O)CC5)N=C(N5CCC[C@@](C)(O)C5)C4C=N3)c12. The Kier molecular flexibility index (Phi) is 7.80. The second kappa shape index (κ2) is 11.4. The third-order valence-electron chi connectivity index (χ3n) is 8.67. The maximum absolute atomic E-state index is 16.8. The summed E-state index contributed by atoms with van der Waals surface area (Å²) in [5.74, 6) is -0.715. The van der Waals surface area contributed by atoms with Gasteiger partial charge in [0.1, 0.15) is 42.0 Å². The number of amidine groups is 2. The number of aryl methyl sites for hydroxylation is 1. The first-order valence-electron chi connectivity index (χ1n) is 14.7. The number of piperidine rings is 1. The van der Waals surface area contributed by atoms with Gasteiger partial charge in [-0.1, -0.05) is 13.0 Å². The van der Waals surface area contributed by atoms with E-state index in [1.54, 1.807) is 31.3 Å². The first-order chi connectivity index (χ1) is 20.7. The zero-order chi connectivity index (χ0) is 30.4. The van der Waals surface area contributed by atoms with Gasteiger partial charge >= 0.3 is 6.02 Å². The number of hydrogen-bond donors (Lipinski definition) is 1. The lowest BCUT2D eigenvalue weighted by atomic mass is 9.88. The van der Waals surface area contributed by atoms with E-state index in [2.05, 4.69) is 15.0 Å². The largest absolute Gasteiger partial charge is 0.468 e. The van der Waals surface area contributed by atoms with Gasteiger partial charge in [-0.2, -0.15) is 4.99 Å². The molecule has 1 saturated carbocycles. The first-order valence-corrected chi connectivity index (χ1v) is 14.7. The fourth-order valence-electron chi connectivity index (χ4n) is 6.12. The van der Waals surface area contributed by atoms with E-state index < -0.39 is 28.8 Å². The maximum Gasteiger partial charge on any atom is 0.314 e. The predicted molar refractivity (Wildman–Crippen MR) is 160 cm³/mol. The number of aldehydes is 1. The summed E-state index contributed by atoms with van der Waals surface area (Å²) in [6.45, 7) is 4.65. The van der Waals surface area contributed by atoms with Gasteiger partial charge in [-0.25, -0.2) is 13.8 Å². The van der Waals surface area contributed by atoms with E-state index in [0.717, 1.165) is 25.5 Å². The van der Waals surface area contributed by atoms with Crippen molar-refractivity contribution in [2.75, 3.05) is 33.6 Å². The Balaban J connectivity index is 1.45. The van der Waals surface area contributed by atoms with Gasteiger partial charge in [0.2, 0.25) is 0 Å². The van der Waals surface area contributed by atoms with Gasteiger partial charge in [-0.15, -0.1) is 0 Å². The summed E-state index contributed by atoms with van der Waals surface area (Å²) in [7, 11) is 1.50. The maximum atomic E-state index is 16.8. The van der Waals surface area contributed by atoms with Crippen LogP contribution in [0.25, 0.3) is 16.5 Å². The van der Waals surface area contributed by atoms with Gasteiger partial charge in [0.15, 0.2) is 12.6 Å². The quantitative estimate of drug-likeness (QED) is 0.347. The minimum atomic E-state index is -1.05. The van der Waals surface area contributed by atoms with E-state index in [1.807, 2.05) is 11.8 Å². The molecule has 2 fully saturated rings. The number of aliphatic hydroxyl groups is 1. The number of ether oxygens (including phenoxy) is 3. The van der Waals surface area contributed by atoms with Crippen LogP contribution in [0.3, 0.4) is 0 Å². The van der Waals surface area contributed by atoms with Crippen molar-refractivity contribution in [3.8, 4) is 5.75 Å². The lowest BCUT2D eigenvalue weighted by molar-refractivity contribution is -0.113. The normalized spacial score (nSPS) is 26.1. The summed E-state index contributed by atoms with van der Waals surface area (Å²) in [6.07, 6.45) is 5.72. The van der Waals surface area contributed by atoms with Crippen molar-refractivity contribution in [1.82, 2.24) is 4.90 Å². The van der Waals surface area contributed by atoms with E-state index in [1.165, 1.54) is 13.2 Å². The van der Waals surface area contributed by atoms with Gasteiger partial charge in [0.05, 0.1) is 16.9 Å². The molecule has 3 atom stereocenters. The van der Waals surface area contributed by atoms with Crippen LogP contribution in [0.1, 0.15) is 50.7 Å². The Bertz CT molecular complexity index is 1560. The van der Waals surface area contributed by atoms with Gasteiger partial charge in [0, 0.05) is 32.0 Å². The number of likely N-dealkylation sites (tertiary alicyclic amines) is 1. The number of carbonyl (C=O) groups is 1. The molecule has 4 aliphatic rings. The van der Waals surface area contributed by atoms with Crippen LogP contribution in [0.4, 0.5) is 8.78 Å². The van der Waals surface area contributed by atoms with Crippen LogP contribution >= 0.6 is 0 Å². The molecule has 0 spiro atoms. The Labute approximate surface area is 249 Å². The Hall–Kier alpha value is -3.70. The van der Waals surface area contributed by atoms with Crippen molar-refractivity contribution in [3.63, 3.8) is 0 Å². The van der Waals surface area contributed by atoms with Gasteiger partial charge in [-0.05, 0) is 73.6 Å². The Morgan fingerprint density at radius 2 is 2.00 bits per heavy atom. The second-order valence-electron chi connectivity index (χ2n) is 12.1. The number of halogens is 2. The zero-order valence-corrected chi connectivity index (χ0v) is 24.6. The van der Waals surface area contributed by atoms with E-state index >= 15 is 8.78 Å². The Morgan fingerprint density at radius 3 is 2.70 bits per heavy atom. The van der Waals surface area contributed by atoms with Crippen molar-refractivity contribution < 1.29 is 32.9 Å². The third-order valence-corrected chi connectivity index (χ3v) is 8.67. The van der Waals surface area contributed by atoms with Crippen LogP contribution in [-0.4, -0.2) is 79.6 Å². The smallest absolute Gasteiger partial charge is 0.314 e. The minimum Gasteiger partial charge on any atom is -0.468 e. The van der Waals surface area contributed by atoms with Gasteiger partial charge in [0.25, 0.3) is 0 Å². The molecule has 0 aromatic heterocycles. The minimum absolute atomic E-state index is 0.0123. The molecule has 1 saturated heterocycles. The average Bonchev–Trinajstić information content (AvgIpc) is 3.79. The number of fused-ring (bicyclic) bond motifs is 2. The molecule has 3 aliphatic heterocycles. The van der Waals surface area contributed by atoms with Gasteiger partial charge < -0.3 is 29.0 Å². The standard InChI is InChI=1S/C32H36F2N4O5/c1-4-21-24(33)7-6-19-12-20(43-18-41-3)13-22(25(19)21)27-26(34)28-23(14-35-27)29(38-11-5-8-31(2,40)15-38)37-30(36-28)42-17-32(16-39)9-10-32/h6-7,12-14,16,23,28,40H,4-5,8-11,15,17-18H2,1-3H3/t23?,28?,31-/m1/s1. The molecular formula is C32H36F2N4O5. The molecule has 3 heterocycles. The zero-order valence-electron chi connectivity index (χ0n) is 24.6. The van der Waals surface area contributed by atoms with Crippen molar-refractivity contribution >= 4 is 40.8 Å². The summed E-state index contributed by atoms with van der Waals surface area (Å²) < 4.78 is 48.5. The molecular weight excluding hydrogens is 558 g/mol. The number of hydrogen-bond acceptors (Lipinski definition) is 9. The highest BCUT2D eigenvalue weighted by Gasteiger charge is 2.45. The molecule has 2 aromatic rings. The molecule has 228 valence electrons. The molecule has 43 heavy (non-hydrogen) atoms. The molecule has 0 radical (unpaired) electrons. The summed E-state index contributed by atoms with van der Waals surface area (Å²) in [5, 5.41) is 12.1. The average molecular weight is 595 g/mol. The third kappa shape index (κ3) is 5.68. The number of β-amino-alcohol motifs (C(OH)–C–C–N with tert-alkyl or cyclic N) is 1. The number of nitrogens with zero attached hydrogens (tertiary/aromatic N) is 4. The predicted octanol–water partition coefficient (Wildman–Crippen LogP) is 4.84. The van der Waals surface area contributed by atoms with Crippen LogP contribution < -0.4 is 4.74 Å². The number of methoxy groups -OCH3 is 1. The van der Waals surface area contributed by atoms with Crippen molar-refractivity contribution in [2.45, 2.75) is 57.6 Å². The molecule has 0 amide bonds. The van der Waals surface area contributed by atoms with Crippen molar-refractivity contribution in [1.29, 1.82) is 0 Å². The first kappa shape index (κ1) is 29.4. The molecule has 0 bridgehead atoms. The highest BCUT2D eigenvalue weighted by molar-refractivity contribution is 6.08. The summed E-state index contributed by atoms with van der Waals surface area (Å²) >= 11 is 0. The van der Waals surface area contributed by atoms with Gasteiger partial charge in [-0.3, -0.25) is 4.99 Å². The van der Waals surface area contributed by atoms with E-state index in [-0.39, 0.29) is 30.9 Å². The number of aliphatic imine (C=N–C) groups is 3. The van der Waals surface area contributed by atoms with Crippen LogP contribution in [-0.2, 0) is 20.7 Å². The van der Waals surface area contributed by atoms with E-state index in [9.17, 15) is 9.90 Å². The number of benzene rings is 2. The lowest BCUT2D eigenvalue weighted by Gasteiger charge is -2.42. The van der Waals surface area contributed by atoms with Crippen LogP contribution in [0.5, 0.6) is 5.75 Å². The lowest BCUT2D eigenvalue weighted by Crippen LogP contribution is -2.53. The molecule has 2 unspecified atom stereocenters. The topological polar surface area (TPSA) is 105 Å². The summed E-state index contributed by atoms with van der Waals surface area (Å²) in [5.41, 5.74) is -0.640.